The summed E-state index contributed by atoms with van der Waals surface area (Å²) in [5.74, 6) is 0.499. The summed E-state index contributed by atoms with van der Waals surface area (Å²) in [6.07, 6.45) is 0.824. The summed E-state index contributed by atoms with van der Waals surface area (Å²) >= 11 is 2.91. The van der Waals surface area contributed by atoms with Crippen molar-refractivity contribution in [2.45, 2.75) is 32.0 Å². The maximum atomic E-state index is 12.2. The lowest BCUT2D eigenvalue weighted by atomic mass is 10.1. The Labute approximate surface area is 177 Å². The maximum absolute atomic E-state index is 12.2. The number of hydrogen-bond donors (Lipinski definition) is 2. The number of aryl methyl sites for hydroxylation is 1. The lowest BCUT2D eigenvalue weighted by Crippen LogP contribution is -2.34. The molecule has 152 valence electrons. The van der Waals surface area contributed by atoms with Crippen LogP contribution in [0.3, 0.4) is 0 Å². The number of aromatic nitrogens is 3. The number of nitrogens with one attached hydrogen (secondary N) is 2. The van der Waals surface area contributed by atoms with Gasteiger partial charge < -0.3 is 15.2 Å². The molecule has 0 saturated heterocycles. The number of anilines is 1. The molecule has 3 aromatic rings. The molecule has 3 rings (SSSR count). The van der Waals surface area contributed by atoms with E-state index in [-0.39, 0.29) is 24.1 Å². The molecule has 0 fully saturated rings. The van der Waals surface area contributed by atoms with E-state index in [9.17, 15) is 9.59 Å². The minimum atomic E-state index is -0.249. The average molecular weight is 430 g/mol. The number of carbonyl (C=O) groups excluding carboxylic acids is 2. The van der Waals surface area contributed by atoms with Crippen molar-refractivity contribution in [1.82, 2.24) is 20.1 Å². The molecule has 0 unspecified atom stereocenters. The number of thiophene rings is 1. The van der Waals surface area contributed by atoms with E-state index in [0.717, 1.165) is 28.4 Å². The molecule has 2 N–H and O–H groups in total. The number of hydrogen-bond acceptors (Lipinski definition) is 6. The first kappa shape index (κ1) is 21.1. The zero-order chi connectivity index (χ0) is 20.6. The lowest BCUT2D eigenvalue weighted by Gasteiger charge is -2.10. The van der Waals surface area contributed by atoms with Gasteiger partial charge in [0.2, 0.25) is 11.8 Å². The summed E-state index contributed by atoms with van der Waals surface area (Å²) < 4.78 is 1.98. The van der Waals surface area contributed by atoms with E-state index in [4.69, 9.17) is 0 Å². The summed E-state index contributed by atoms with van der Waals surface area (Å²) in [7, 11) is 0. The molecule has 9 heteroatoms. The highest BCUT2D eigenvalue weighted by Gasteiger charge is 2.15. The number of nitrogens with zero attached hydrogens (tertiary/aromatic N) is 3. The summed E-state index contributed by atoms with van der Waals surface area (Å²) in [5, 5.41) is 16.6. The molecule has 29 heavy (non-hydrogen) atoms. The standard InChI is InChI=1S/C20H23N5O2S2/c1-3-14-8-5-6-9-15(14)22-17(26)12-21-18(27)13-29-20-24-23-19(25(20)4-2)16-10-7-11-28-16/h5-11H,3-4,12-13H2,1-2H3,(H,21,27)(H,22,26). The smallest absolute Gasteiger partial charge is 0.243 e. The van der Waals surface area contributed by atoms with Crippen molar-refractivity contribution in [1.29, 1.82) is 0 Å². The second-order valence-corrected chi connectivity index (χ2v) is 8.04. The zero-order valence-corrected chi connectivity index (χ0v) is 18.0. The number of amides is 2. The van der Waals surface area contributed by atoms with Crippen molar-refractivity contribution in [2.75, 3.05) is 17.6 Å². The first-order chi connectivity index (χ1) is 14.1. The highest BCUT2D eigenvalue weighted by atomic mass is 32.2. The quantitative estimate of drug-likeness (QED) is 0.509. The Kier molecular flexibility index (Phi) is 7.42. The molecule has 7 nitrogen and oxygen atoms in total. The van der Waals surface area contributed by atoms with Gasteiger partial charge in [-0.1, -0.05) is 43.0 Å². The number of thioether (sulfide) groups is 1. The predicted molar refractivity (Wildman–Crippen MR) is 117 cm³/mol. The molecular formula is C20H23N5O2S2. The third-order valence-corrected chi connectivity index (χ3v) is 6.06. The fourth-order valence-corrected chi connectivity index (χ4v) is 4.32. The Morgan fingerprint density at radius 2 is 1.93 bits per heavy atom. The SMILES string of the molecule is CCc1ccccc1NC(=O)CNC(=O)CSc1nnc(-c2cccs2)n1CC. The molecule has 0 aliphatic carbocycles. The summed E-state index contributed by atoms with van der Waals surface area (Å²) in [6.45, 7) is 4.69. The van der Waals surface area contributed by atoms with Gasteiger partial charge in [0.1, 0.15) is 0 Å². The Balaban J connectivity index is 1.50. The van der Waals surface area contributed by atoms with Crippen molar-refractivity contribution in [2.24, 2.45) is 0 Å². The minimum absolute atomic E-state index is 0.0711. The van der Waals surface area contributed by atoms with Crippen LogP contribution >= 0.6 is 23.1 Å². The molecule has 0 spiro atoms. The molecule has 0 radical (unpaired) electrons. The van der Waals surface area contributed by atoms with Gasteiger partial charge in [0.15, 0.2) is 11.0 Å². The fraction of sp³-hybridized carbons (Fsp3) is 0.300. The molecule has 2 amide bonds. The van der Waals surface area contributed by atoms with Crippen molar-refractivity contribution in [3.8, 4) is 10.7 Å². The Morgan fingerprint density at radius 1 is 1.10 bits per heavy atom. The molecule has 2 heterocycles. The first-order valence-corrected chi connectivity index (χ1v) is 11.2. The van der Waals surface area contributed by atoms with Crippen molar-refractivity contribution < 1.29 is 9.59 Å². The van der Waals surface area contributed by atoms with Gasteiger partial charge in [0, 0.05) is 12.2 Å². The third-order valence-electron chi connectivity index (χ3n) is 4.23. The van der Waals surface area contributed by atoms with Crippen LogP contribution in [0.1, 0.15) is 19.4 Å². The van der Waals surface area contributed by atoms with Crippen LogP contribution in [0.15, 0.2) is 46.9 Å². The molecular weight excluding hydrogens is 406 g/mol. The first-order valence-electron chi connectivity index (χ1n) is 9.36. The van der Waals surface area contributed by atoms with E-state index in [1.807, 2.05) is 60.2 Å². The van der Waals surface area contributed by atoms with E-state index < -0.39 is 0 Å². The lowest BCUT2D eigenvalue weighted by molar-refractivity contribution is -0.122. The number of carbonyl (C=O) groups is 2. The second-order valence-electron chi connectivity index (χ2n) is 6.15. The van der Waals surface area contributed by atoms with Gasteiger partial charge in [-0.15, -0.1) is 21.5 Å². The summed E-state index contributed by atoms with van der Waals surface area (Å²) in [6, 6.07) is 11.6. The van der Waals surface area contributed by atoms with E-state index in [2.05, 4.69) is 20.8 Å². The largest absolute Gasteiger partial charge is 0.346 e. The topological polar surface area (TPSA) is 88.9 Å². The molecule has 2 aromatic heterocycles. The van der Waals surface area contributed by atoms with Gasteiger partial charge in [-0.3, -0.25) is 9.59 Å². The fourth-order valence-electron chi connectivity index (χ4n) is 2.77. The van der Waals surface area contributed by atoms with Crippen LogP contribution in [0.2, 0.25) is 0 Å². The molecule has 0 saturated carbocycles. The molecule has 0 atom stereocenters. The van der Waals surface area contributed by atoms with E-state index >= 15 is 0 Å². The zero-order valence-electron chi connectivity index (χ0n) is 16.3. The average Bonchev–Trinajstić information content (AvgIpc) is 3.40. The maximum Gasteiger partial charge on any atom is 0.243 e. The van der Waals surface area contributed by atoms with E-state index in [1.165, 1.54) is 11.8 Å². The van der Waals surface area contributed by atoms with Crippen LogP contribution in [0.4, 0.5) is 5.69 Å². The van der Waals surface area contributed by atoms with Gasteiger partial charge in [0.25, 0.3) is 0 Å². The van der Waals surface area contributed by atoms with Crippen LogP contribution in [-0.4, -0.2) is 38.9 Å². The number of para-hydroxylation sites is 1. The third kappa shape index (κ3) is 5.45. The van der Waals surface area contributed by atoms with Crippen molar-refractivity contribution in [3.05, 3.63) is 47.3 Å². The second kappa shape index (κ2) is 10.2. The molecule has 1 aromatic carbocycles. The van der Waals surface area contributed by atoms with Crippen LogP contribution in [0, 0.1) is 0 Å². The predicted octanol–water partition coefficient (Wildman–Crippen LogP) is 3.44. The Hall–Kier alpha value is -2.65. The van der Waals surface area contributed by atoms with Crippen LogP contribution < -0.4 is 10.6 Å². The molecule has 0 aliphatic heterocycles. The number of benzene rings is 1. The highest BCUT2D eigenvalue weighted by Crippen LogP contribution is 2.27. The van der Waals surface area contributed by atoms with Crippen LogP contribution in [-0.2, 0) is 22.6 Å². The minimum Gasteiger partial charge on any atom is -0.346 e. The van der Waals surface area contributed by atoms with Gasteiger partial charge in [-0.25, -0.2) is 0 Å². The van der Waals surface area contributed by atoms with Gasteiger partial charge in [0.05, 0.1) is 17.2 Å². The normalized spacial score (nSPS) is 10.7. The van der Waals surface area contributed by atoms with Crippen molar-refractivity contribution >= 4 is 40.6 Å². The Morgan fingerprint density at radius 3 is 2.66 bits per heavy atom. The summed E-state index contributed by atoms with van der Waals surface area (Å²) in [5.41, 5.74) is 1.84. The monoisotopic (exact) mass is 429 g/mol. The van der Waals surface area contributed by atoms with Gasteiger partial charge in [-0.05, 0) is 36.4 Å². The van der Waals surface area contributed by atoms with E-state index in [0.29, 0.717) is 11.7 Å². The highest BCUT2D eigenvalue weighted by molar-refractivity contribution is 7.99. The Bertz CT molecular complexity index is 969. The number of rotatable bonds is 9. The summed E-state index contributed by atoms with van der Waals surface area (Å²) in [4.78, 5) is 25.3. The van der Waals surface area contributed by atoms with Gasteiger partial charge >= 0.3 is 0 Å². The van der Waals surface area contributed by atoms with Crippen LogP contribution in [0.5, 0.6) is 0 Å². The van der Waals surface area contributed by atoms with Crippen molar-refractivity contribution in [3.63, 3.8) is 0 Å². The van der Waals surface area contributed by atoms with Crippen LogP contribution in [0.25, 0.3) is 10.7 Å². The van der Waals surface area contributed by atoms with Gasteiger partial charge in [-0.2, -0.15) is 0 Å². The van der Waals surface area contributed by atoms with E-state index in [1.54, 1.807) is 11.3 Å². The molecule has 0 aliphatic rings. The molecule has 0 bridgehead atoms.